The number of rotatable bonds is 3. The highest BCUT2D eigenvalue weighted by atomic mass is 16.5. The molecule has 1 rings (SSSR count). The van der Waals surface area contributed by atoms with Gasteiger partial charge in [-0.3, -0.25) is 9.59 Å². The van der Waals surface area contributed by atoms with Crippen molar-refractivity contribution in [2.24, 2.45) is 5.73 Å². The zero-order chi connectivity index (χ0) is 14.0. The third-order valence-electron chi connectivity index (χ3n) is 3.06. The molecule has 0 saturated carbocycles. The SMILES string of the molecule is CC(C)(C)OCC(=O)N1CCC(N)(C(=O)O)CC1. The minimum absolute atomic E-state index is 0.0220. The van der Waals surface area contributed by atoms with Crippen LogP contribution in [0.4, 0.5) is 0 Å². The third-order valence-corrected chi connectivity index (χ3v) is 3.06. The zero-order valence-electron chi connectivity index (χ0n) is 11.2. The molecule has 1 aliphatic heterocycles. The Balaban J connectivity index is 2.43. The number of likely N-dealkylation sites (tertiary alicyclic amines) is 1. The van der Waals surface area contributed by atoms with Gasteiger partial charge in [-0.2, -0.15) is 0 Å². The summed E-state index contributed by atoms with van der Waals surface area (Å²) in [5, 5.41) is 8.98. The van der Waals surface area contributed by atoms with Crippen LogP contribution in [0, 0.1) is 0 Å². The summed E-state index contributed by atoms with van der Waals surface area (Å²) in [5.74, 6) is -1.11. The van der Waals surface area contributed by atoms with Gasteiger partial charge in [0.05, 0.1) is 5.60 Å². The summed E-state index contributed by atoms with van der Waals surface area (Å²) in [6.45, 7) is 6.40. The molecular weight excluding hydrogens is 236 g/mol. The number of aliphatic carboxylic acids is 1. The molecule has 0 bridgehead atoms. The number of nitrogens with two attached hydrogens (primary N) is 1. The van der Waals surface area contributed by atoms with E-state index in [9.17, 15) is 9.59 Å². The maximum atomic E-state index is 11.8. The molecule has 1 aliphatic rings. The molecule has 1 saturated heterocycles. The molecule has 104 valence electrons. The van der Waals surface area contributed by atoms with Gasteiger partial charge in [0, 0.05) is 13.1 Å². The second-order valence-corrected chi connectivity index (χ2v) is 5.74. The van der Waals surface area contributed by atoms with Crippen LogP contribution in [0.15, 0.2) is 0 Å². The van der Waals surface area contributed by atoms with Crippen LogP contribution in [-0.2, 0) is 14.3 Å². The van der Waals surface area contributed by atoms with Crippen LogP contribution >= 0.6 is 0 Å². The fraction of sp³-hybridized carbons (Fsp3) is 0.833. The number of amides is 1. The van der Waals surface area contributed by atoms with E-state index in [0.717, 1.165) is 0 Å². The predicted octanol–water partition coefficient (Wildman–Crippen LogP) is 0.206. The Bertz CT molecular complexity index is 327. The highest BCUT2D eigenvalue weighted by molar-refractivity contribution is 5.80. The Hall–Kier alpha value is -1.14. The molecule has 1 fully saturated rings. The van der Waals surface area contributed by atoms with E-state index in [-0.39, 0.29) is 31.0 Å². The largest absolute Gasteiger partial charge is 0.480 e. The lowest BCUT2D eigenvalue weighted by Gasteiger charge is -2.36. The summed E-state index contributed by atoms with van der Waals surface area (Å²) >= 11 is 0. The monoisotopic (exact) mass is 258 g/mol. The second kappa shape index (κ2) is 5.24. The minimum Gasteiger partial charge on any atom is -0.480 e. The van der Waals surface area contributed by atoms with E-state index in [2.05, 4.69) is 0 Å². The number of hydrogen-bond acceptors (Lipinski definition) is 4. The zero-order valence-corrected chi connectivity index (χ0v) is 11.2. The molecule has 0 aliphatic carbocycles. The molecule has 0 spiro atoms. The number of carbonyl (C=O) groups is 2. The predicted molar refractivity (Wildman–Crippen MR) is 66.1 cm³/mol. The number of carbonyl (C=O) groups excluding carboxylic acids is 1. The number of carboxylic acid groups (broad SMARTS) is 1. The first-order valence-electron chi connectivity index (χ1n) is 6.08. The lowest BCUT2D eigenvalue weighted by atomic mass is 9.89. The van der Waals surface area contributed by atoms with Gasteiger partial charge in [-0.05, 0) is 33.6 Å². The average Bonchev–Trinajstić information content (AvgIpc) is 2.26. The van der Waals surface area contributed by atoms with Crippen molar-refractivity contribution in [3.63, 3.8) is 0 Å². The van der Waals surface area contributed by atoms with Crippen molar-refractivity contribution < 1.29 is 19.4 Å². The first-order chi connectivity index (χ1) is 8.14. The van der Waals surface area contributed by atoms with E-state index < -0.39 is 11.5 Å². The maximum Gasteiger partial charge on any atom is 0.323 e. The summed E-state index contributed by atoms with van der Waals surface area (Å²) in [4.78, 5) is 24.4. The quantitative estimate of drug-likeness (QED) is 0.754. The Labute approximate surface area is 107 Å². The normalized spacial score (nSPS) is 19.7. The van der Waals surface area contributed by atoms with Crippen LogP contribution in [0.25, 0.3) is 0 Å². The molecule has 1 heterocycles. The highest BCUT2D eigenvalue weighted by Crippen LogP contribution is 2.20. The lowest BCUT2D eigenvalue weighted by molar-refractivity contribution is -0.150. The molecule has 1 amide bonds. The summed E-state index contributed by atoms with van der Waals surface area (Å²) < 4.78 is 5.40. The second-order valence-electron chi connectivity index (χ2n) is 5.74. The van der Waals surface area contributed by atoms with Crippen LogP contribution in [0.3, 0.4) is 0 Å². The lowest BCUT2D eigenvalue weighted by Crippen LogP contribution is -2.57. The van der Waals surface area contributed by atoms with E-state index in [1.54, 1.807) is 4.90 Å². The van der Waals surface area contributed by atoms with Gasteiger partial charge in [-0.25, -0.2) is 0 Å². The van der Waals surface area contributed by atoms with E-state index in [1.807, 2.05) is 20.8 Å². The van der Waals surface area contributed by atoms with Gasteiger partial charge in [0.1, 0.15) is 12.1 Å². The van der Waals surface area contributed by atoms with Gasteiger partial charge in [0.2, 0.25) is 5.91 Å². The summed E-state index contributed by atoms with van der Waals surface area (Å²) in [7, 11) is 0. The molecule has 0 radical (unpaired) electrons. The van der Waals surface area contributed by atoms with Crippen molar-refractivity contribution in [3.8, 4) is 0 Å². The van der Waals surface area contributed by atoms with E-state index in [0.29, 0.717) is 13.1 Å². The summed E-state index contributed by atoms with van der Waals surface area (Å²) in [6, 6.07) is 0. The molecule has 3 N–H and O–H groups in total. The fourth-order valence-corrected chi connectivity index (χ4v) is 1.74. The smallest absolute Gasteiger partial charge is 0.323 e. The van der Waals surface area contributed by atoms with Gasteiger partial charge in [0.25, 0.3) is 0 Å². The Morgan fingerprint density at radius 3 is 2.22 bits per heavy atom. The molecule has 0 aromatic carbocycles. The van der Waals surface area contributed by atoms with Crippen molar-refractivity contribution in [2.45, 2.75) is 44.8 Å². The van der Waals surface area contributed by atoms with Crippen molar-refractivity contribution in [1.82, 2.24) is 4.90 Å². The van der Waals surface area contributed by atoms with Crippen molar-refractivity contribution in [1.29, 1.82) is 0 Å². The van der Waals surface area contributed by atoms with Crippen molar-refractivity contribution in [3.05, 3.63) is 0 Å². The topological polar surface area (TPSA) is 92.9 Å². The summed E-state index contributed by atoms with van der Waals surface area (Å²) in [5.41, 5.74) is 4.19. The third kappa shape index (κ3) is 3.96. The Morgan fingerprint density at radius 1 is 1.33 bits per heavy atom. The molecule has 6 nitrogen and oxygen atoms in total. The number of nitrogens with zero attached hydrogens (tertiary/aromatic N) is 1. The van der Waals surface area contributed by atoms with Gasteiger partial charge < -0.3 is 20.5 Å². The molecule has 6 heteroatoms. The summed E-state index contributed by atoms with van der Waals surface area (Å²) in [6.07, 6.45) is 0.563. The molecule has 18 heavy (non-hydrogen) atoms. The molecule has 0 atom stereocenters. The van der Waals surface area contributed by atoms with E-state index in [1.165, 1.54) is 0 Å². The van der Waals surface area contributed by atoms with E-state index >= 15 is 0 Å². The molecule has 0 unspecified atom stereocenters. The Kier molecular flexibility index (Phi) is 4.34. The van der Waals surface area contributed by atoms with Crippen LogP contribution in [0.1, 0.15) is 33.6 Å². The molecule has 0 aromatic heterocycles. The van der Waals surface area contributed by atoms with Gasteiger partial charge in [-0.15, -0.1) is 0 Å². The maximum absolute atomic E-state index is 11.8. The fourth-order valence-electron chi connectivity index (χ4n) is 1.74. The number of piperidine rings is 1. The van der Waals surface area contributed by atoms with Gasteiger partial charge >= 0.3 is 5.97 Å². The van der Waals surface area contributed by atoms with Crippen molar-refractivity contribution >= 4 is 11.9 Å². The molecular formula is C12H22N2O4. The minimum atomic E-state index is -1.19. The van der Waals surface area contributed by atoms with Crippen LogP contribution < -0.4 is 5.73 Å². The van der Waals surface area contributed by atoms with E-state index in [4.69, 9.17) is 15.6 Å². The molecule has 0 aromatic rings. The van der Waals surface area contributed by atoms with Gasteiger partial charge in [-0.1, -0.05) is 0 Å². The first-order valence-corrected chi connectivity index (χ1v) is 6.08. The average molecular weight is 258 g/mol. The van der Waals surface area contributed by atoms with Crippen LogP contribution in [0.2, 0.25) is 0 Å². The Morgan fingerprint density at radius 2 is 1.83 bits per heavy atom. The number of ether oxygens (including phenoxy) is 1. The number of carboxylic acids is 1. The highest BCUT2D eigenvalue weighted by Gasteiger charge is 2.38. The standard InChI is InChI=1S/C12H22N2O4/c1-11(2,3)18-8-9(15)14-6-4-12(13,5-7-14)10(16)17/h4-8,13H2,1-3H3,(H,16,17). The van der Waals surface area contributed by atoms with Crippen molar-refractivity contribution in [2.75, 3.05) is 19.7 Å². The van der Waals surface area contributed by atoms with Gasteiger partial charge in [0.15, 0.2) is 0 Å². The van der Waals surface area contributed by atoms with Crippen LogP contribution in [-0.4, -0.2) is 52.7 Å². The first kappa shape index (κ1) is 14.9. The number of hydrogen-bond donors (Lipinski definition) is 2. The van der Waals surface area contributed by atoms with Crippen LogP contribution in [0.5, 0.6) is 0 Å².